The van der Waals surface area contributed by atoms with Crippen LogP contribution >= 0.6 is 24.0 Å². The highest BCUT2D eigenvalue weighted by molar-refractivity contribution is 14.0. The molecule has 1 heterocycles. The van der Waals surface area contributed by atoms with Crippen molar-refractivity contribution in [3.8, 4) is 5.88 Å². The van der Waals surface area contributed by atoms with Gasteiger partial charge in [0.25, 0.3) is 0 Å². The molecule has 3 N–H and O–H groups in total. The van der Waals surface area contributed by atoms with Crippen molar-refractivity contribution < 1.29 is 4.74 Å². The molecule has 0 amide bonds. The van der Waals surface area contributed by atoms with Crippen LogP contribution in [0, 0.1) is 0 Å². The average Bonchev–Trinajstić information content (AvgIpc) is 2.81. The van der Waals surface area contributed by atoms with Crippen molar-refractivity contribution in [3.63, 3.8) is 0 Å². The largest absolute Gasteiger partial charge is 0.481 e. The number of nitrogens with two attached hydrogens (primary N) is 1. The lowest BCUT2D eigenvalue weighted by Crippen LogP contribution is -2.22. The number of aromatic nitrogens is 2. The molecular weight excluding hydrogens is 393 g/mol. The van der Waals surface area contributed by atoms with E-state index in [-0.39, 0.29) is 24.0 Å². The third-order valence-electron chi connectivity index (χ3n) is 3.15. The smallest absolute Gasteiger partial charge is 0.216 e. The molecule has 1 aromatic heterocycles. The van der Waals surface area contributed by atoms with Crippen LogP contribution in [0.4, 0.5) is 5.69 Å². The summed E-state index contributed by atoms with van der Waals surface area (Å²) in [7, 11) is 3.49. The summed E-state index contributed by atoms with van der Waals surface area (Å²) in [5.41, 5.74) is 8.77. The fraction of sp³-hybridized carbons (Fsp3) is 0.333. The van der Waals surface area contributed by atoms with E-state index >= 15 is 0 Å². The maximum absolute atomic E-state index is 5.91. The second-order valence-electron chi connectivity index (χ2n) is 4.60. The summed E-state index contributed by atoms with van der Waals surface area (Å²) in [6, 6.07) is 9.70. The van der Waals surface area contributed by atoms with Crippen LogP contribution in [-0.4, -0.2) is 22.8 Å². The predicted molar refractivity (Wildman–Crippen MR) is 99.9 cm³/mol. The van der Waals surface area contributed by atoms with Crippen LogP contribution < -0.4 is 15.8 Å². The van der Waals surface area contributed by atoms with Gasteiger partial charge in [-0.2, -0.15) is 5.10 Å². The highest BCUT2D eigenvalue weighted by Gasteiger charge is 2.15. The Balaban J connectivity index is 0.00000242. The van der Waals surface area contributed by atoms with Crippen LogP contribution in [0.2, 0.25) is 0 Å². The summed E-state index contributed by atoms with van der Waals surface area (Å²) in [6.07, 6.45) is 0.827. The molecule has 0 bridgehead atoms. The molecule has 2 aromatic rings. The molecule has 22 heavy (non-hydrogen) atoms. The van der Waals surface area contributed by atoms with Crippen molar-refractivity contribution in [3.05, 3.63) is 41.6 Å². The van der Waals surface area contributed by atoms with E-state index in [0.29, 0.717) is 12.5 Å². The van der Waals surface area contributed by atoms with Crippen LogP contribution in [0.15, 0.2) is 35.3 Å². The van der Waals surface area contributed by atoms with Crippen LogP contribution in [0.25, 0.3) is 0 Å². The maximum atomic E-state index is 5.91. The predicted octanol–water partition coefficient (Wildman–Crippen LogP) is 2.54. The van der Waals surface area contributed by atoms with Gasteiger partial charge in [0.2, 0.25) is 5.88 Å². The Morgan fingerprint density at radius 3 is 2.64 bits per heavy atom. The summed E-state index contributed by atoms with van der Waals surface area (Å²) in [6.45, 7) is 2.49. The number of nitrogens with one attached hydrogen (secondary N) is 1. The number of aliphatic imine (C=N–C) groups is 1. The Kier molecular flexibility index (Phi) is 7.16. The number of nitrogens with zero attached hydrogens (tertiary/aromatic N) is 3. The standard InChI is InChI=1S/C15H21N5O.HI/c1-4-13-12(14(21-3)20(2)19-13)10-17-15(16)18-11-8-6-5-7-9-11;/h5-9H,4,10H2,1-3H3,(H3,16,17,18);1H. The van der Waals surface area contributed by atoms with E-state index < -0.39 is 0 Å². The third-order valence-corrected chi connectivity index (χ3v) is 3.15. The van der Waals surface area contributed by atoms with Crippen molar-refractivity contribution in [2.45, 2.75) is 19.9 Å². The monoisotopic (exact) mass is 415 g/mol. The first kappa shape index (κ1) is 18.3. The number of para-hydroxylation sites is 1. The first-order valence-electron chi connectivity index (χ1n) is 6.86. The number of hydrogen-bond donors (Lipinski definition) is 2. The van der Waals surface area contributed by atoms with Gasteiger partial charge < -0.3 is 15.8 Å². The van der Waals surface area contributed by atoms with E-state index in [4.69, 9.17) is 10.5 Å². The van der Waals surface area contributed by atoms with Crippen molar-refractivity contribution in [2.75, 3.05) is 12.4 Å². The number of benzene rings is 1. The number of hydrogen-bond acceptors (Lipinski definition) is 3. The first-order chi connectivity index (χ1) is 10.2. The van der Waals surface area contributed by atoms with Crippen molar-refractivity contribution in [1.29, 1.82) is 0 Å². The lowest BCUT2D eigenvalue weighted by molar-refractivity contribution is 0.369. The number of aryl methyl sites for hydroxylation is 2. The zero-order valence-electron chi connectivity index (χ0n) is 13.0. The molecule has 6 nitrogen and oxygen atoms in total. The van der Waals surface area contributed by atoms with E-state index in [0.717, 1.165) is 29.2 Å². The Bertz CT molecular complexity index is 624. The van der Waals surface area contributed by atoms with Gasteiger partial charge in [0.1, 0.15) is 0 Å². The Hall–Kier alpha value is -1.77. The fourth-order valence-corrected chi connectivity index (χ4v) is 2.18. The molecule has 7 heteroatoms. The number of methoxy groups -OCH3 is 1. The SMILES string of the molecule is CCc1nn(C)c(OC)c1CN=C(N)Nc1ccccc1.I. The Morgan fingerprint density at radius 2 is 2.05 bits per heavy atom. The summed E-state index contributed by atoms with van der Waals surface area (Å²) >= 11 is 0. The maximum Gasteiger partial charge on any atom is 0.216 e. The van der Waals surface area contributed by atoms with E-state index in [1.54, 1.807) is 11.8 Å². The topological polar surface area (TPSA) is 77.5 Å². The number of anilines is 1. The fourth-order valence-electron chi connectivity index (χ4n) is 2.18. The molecule has 1 aromatic carbocycles. The van der Waals surface area contributed by atoms with E-state index in [2.05, 4.69) is 22.3 Å². The molecule has 0 aliphatic carbocycles. The summed E-state index contributed by atoms with van der Waals surface area (Å²) in [5, 5.41) is 7.48. The lowest BCUT2D eigenvalue weighted by atomic mass is 10.2. The Morgan fingerprint density at radius 1 is 1.36 bits per heavy atom. The highest BCUT2D eigenvalue weighted by atomic mass is 127. The molecule has 0 saturated heterocycles. The Labute approximate surface area is 147 Å². The van der Waals surface area contributed by atoms with Gasteiger partial charge in [0, 0.05) is 12.7 Å². The molecule has 120 valence electrons. The van der Waals surface area contributed by atoms with Gasteiger partial charge in [-0.05, 0) is 18.6 Å². The van der Waals surface area contributed by atoms with Crippen molar-refractivity contribution in [2.24, 2.45) is 17.8 Å². The molecule has 0 unspecified atom stereocenters. The quantitative estimate of drug-likeness (QED) is 0.447. The molecule has 0 spiro atoms. The van der Waals surface area contributed by atoms with Crippen LogP contribution in [-0.2, 0) is 20.0 Å². The summed E-state index contributed by atoms with van der Waals surface area (Å²) < 4.78 is 7.11. The highest BCUT2D eigenvalue weighted by Crippen LogP contribution is 2.22. The minimum absolute atomic E-state index is 0. The van der Waals surface area contributed by atoms with E-state index in [9.17, 15) is 0 Å². The average molecular weight is 415 g/mol. The molecule has 0 radical (unpaired) electrons. The first-order valence-corrected chi connectivity index (χ1v) is 6.86. The normalized spacial score (nSPS) is 11.0. The van der Waals surface area contributed by atoms with Crippen LogP contribution in [0.5, 0.6) is 5.88 Å². The van der Waals surface area contributed by atoms with E-state index in [1.807, 2.05) is 37.4 Å². The van der Waals surface area contributed by atoms with Gasteiger partial charge >= 0.3 is 0 Å². The molecular formula is C15H22IN5O. The van der Waals surface area contributed by atoms with Crippen molar-refractivity contribution in [1.82, 2.24) is 9.78 Å². The molecule has 0 aliphatic heterocycles. The van der Waals surface area contributed by atoms with Gasteiger partial charge in [-0.1, -0.05) is 25.1 Å². The number of rotatable bonds is 5. The molecule has 2 rings (SSSR count). The minimum atomic E-state index is 0. The van der Waals surface area contributed by atoms with Gasteiger partial charge in [0.05, 0.1) is 24.9 Å². The zero-order chi connectivity index (χ0) is 15.2. The lowest BCUT2D eigenvalue weighted by Gasteiger charge is -2.06. The van der Waals surface area contributed by atoms with Crippen LogP contribution in [0.3, 0.4) is 0 Å². The molecule has 0 fully saturated rings. The molecule has 0 aliphatic rings. The second-order valence-corrected chi connectivity index (χ2v) is 4.60. The van der Waals surface area contributed by atoms with Gasteiger partial charge in [0.15, 0.2) is 5.96 Å². The zero-order valence-corrected chi connectivity index (χ0v) is 15.4. The molecule has 0 atom stereocenters. The summed E-state index contributed by atoms with van der Waals surface area (Å²) in [4.78, 5) is 4.37. The van der Waals surface area contributed by atoms with Crippen LogP contribution in [0.1, 0.15) is 18.2 Å². The van der Waals surface area contributed by atoms with Gasteiger partial charge in [-0.3, -0.25) is 0 Å². The minimum Gasteiger partial charge on any atom is -0.481 e. The molecule has 0 saturated carbocycles. The van der Waals surface area contributed by atoms with Crippen molar-refractivity contribution >= 4 is 35.6 Å². The second kappa shape index (κ2) is 8.62. The summed E-state index contributed by atoms with van der Waals surface area (Å²) in [5.74, 6) is 1.09. The number of ether oxygens (including phenoxy) is 1. The third kappa shape index (κ3) is 4.36. The van der Waals surface area contributed by atoms with Gasteiger partial charge in [-0.25, -0.2) is 9.67 Å². The van der Waals surface area contributed by atoms with Gasteiger partial charge in [-0.15, -0.1) is 24.0 Å². The van der Waals surface area contributed by atoms with E-state index in [1.165, 1.54) is 0 Å². The number of guanidine groups is 1. The number of halogens is 1.